The summed E-state index contributed by atoms with van der Waals surface area (Å²) in [7, 11) is 0. The van der Waals surface area contributed by atoms with E-state index in [1.165, 1.54) is 6.92 Å². The van der Waals surface area contributed by atoms with E-state index in [0.717, 1.165) is 29.6 Å². The van der Waals surface area contributed by atoms with Crippen molar-refractivity contribution < 1.29 is 37.0 Å². The van der Waals surface area contributed by atoms with Gasteiger partial charge in [-0.1, -0.05) is 0 Å². The lowest BCUT2D eigenvalue weighted by Crippen LogP contribution is -2.64. The van der Waals surface area contributed by atoms with Crippen molar-refractivity contribution in [1.82, 2.24) is 5.32 Å². The summed E-state index contributed by atoms with van der Waals surface area (Å²) in [5, 5.41) is 10.6. The van der Waals surface area contributed by atoms with Crippen LogP contribution < -0.4 is 5.32 Å². The predicted molar refractivity (Wildman–Crippen MR) is 61.5 cm³/mol. The van der Waals surface area contributed by atoms with E-state index in [0.29, 0.717) is 0 Å². The largest absolute Gasteiger partial charge is 0.462 e. The summed E-state index contributed by atoms with van der Waals surface area (Å²) in [6.45, 7) is 0.806. The van der Waals surface area contributed by atoms with Crippen LogP contribution in [0.25, 0.3) is 0 Å². The number of amides is 1. The van der Waals surface area contributed by atoms with E-state index in [1.807, 2.05) is 0 Å². The zero-order chi connectivity index (χ0) is 16.3. The molecule has 0 saturated heterocycles. The first-order chi connectivity index (χ1) is 9.61. The first-order valence-corrected chi connectivity index (χ1v) is 5.66. The molecule has 2 N–H and O–H groups in total. The zero-order valence-corrected chi connectivity index (χ0v) is 10.7. The fraction of sp³-hybridized carbons (Fsp3) is 0.333. The van der Waals surface area contributed by atoms with Crippen molar-refractivity contribution in [2.45, 2.75) is 18.8 Å². The second kappa shape index (κ2) is 6.08. The van der Waals surface area contributed by atoms with Crippen molar-refractivity contribution in [1.29, 1.82) is 0 Å². The number of esters is 1. The molecule has 21 heavy (non-hydrogen) atoms. The van der Waals surface area contributed by atoms with E-state index in [2.05, 4.69) is 4.74 Å². The number of benzene rings is 1. The van der Waals surface area contributed by atoms with Crippen LogP contribution in [0.4, 0.5) is 17.6 Å². The SMILES string of the molecule is CCOC(=O)[C@@](O)(NC(=O)c1ccc(F)cc1)C(F)(F)F. The van der Waals surface area contributed by atoms with E-state index in [9.17, 15) is 32.3 Å². The number of alkyl halides is 3. The van der Waals surface area contributed by atoms with Gasteiger partial charge in [0.15, 0.2) is 0 Å². The Kier molecular flexibility index (Phi) is 4.89. The molecule has 0 aliphatic carbocycles. The number of aliphatic hydroxyl groups is 1. The zero-order valence-electron chi connectivity index (χ0n) is 10.7. The number of halogens is 4. The third kappa shape index (κ3) is 3.69. The summed E-state index contributed by atoms with van der Waals surface area (Å²) in [6.07, 6.45) is -5.49. The number of nitrogens with one attached hydrogen (secondary N) is 1. The highest BCUT2D eigenvalue weighted by Gasteiger charge is 2.62. The van der Waals surface area contributed by atoms with Crippen LogP contribution in [0.1, 0.15) is 17.3 Å². The lowest BCUT2D eigenvalue weighted by atomic mass is 10.1. The van der Waals surface area contributed by atoms with Gasteiger partial charge >= 0.3 is 17.9 Å². The van der Waals surface area contributed by atoms with Crippen LogP contribution in [0.2, 0.25) is 0 Å². The number of rotatable bonds is 4. The van der Waals surface area contributed by atoms with Gasteiger partial charge in [0.1, 0.15) is 5.82 Å². The number of ether oxygens (including phenoxy) is 1. The van der Waals surface area contributed by atoms with E-state index in [4.69, 9.17) is 0 Å². The molecule has 1 amide bonds. The fourth-order valence-corrected chi connectivity index (χ4v) is 1.31. The van der Waals surface area contributed by atoms with Gasteiger partial charge in [0.2, 0.25) is 0 Å². The first kappa shape index (κ1) is 16.9. The predicted octanol–water partition coefficient (Wildman–Crippen LogP) is 1.37. The smallest absolute Gasteiger partial charge is 0.448 e. The molecule has 1 rings (SSSR count). The Balaban J connectivity index is 3.04. The summed E-state index contributed by atoms with van der Waals surface area (Å²) in [6, 6.07) is 3.47. The molecule has 0 aromatic heterocycles. The second-order valence-corrected chi connectivity index (χ2v) is 3.89. The summed E-state index contributed by atoms with van der Waals surface area (Å²) in [4.78, 5) is 22.9. The number of hydrogen-bond acceptors (Lipinski definition) is 4. The van der Waals surface area contributed by atoms with Crippen molar-refractivity contribution in [3.05, 3.63) is 35.6 Å². The third-order valence-corrected chi connectivity index (χ3v) is 2.38. The molecular weight excluding hydrogens is 298 g/mol. The average molecular weight is 309 g/mol. The van der Waals surface area contributed by atoms with Gasteiger partial charge in [-0.3, -0.25) is 4.79 Å². The molecule has 0 spiro atoms. The van der Waals surface area contributed by atoms with Gasteiger partial charge in [-0.2, -0.15) is 13.2 Å². The minimum absolute atomic E-state index is 0.372. The molecule has 5 nitrogen and oxygen atoms in total. The normalized spacial score (nSPS) is 14.2. The molecule has 9 heteroatoms. The van der Waals surface area contributed by atoms with Gasteiger partial charge in [-0.25, -0.2) is 9.18 Å². The summed E-state index contributed by atoms with van der Waals surface area (Å²) >= 11 is 0. The number of hydrogen-bond donors (Lipinski definition) is 2. The second-order valence-electron chi connectivity index (χ2n) is 3.89. The highest BCUT2D eigenvalue weighted by molar-refractivity contribution is 5.97. The van der Waals surface area contributed by atoms with Crippen LogP contribution >= 0.6 is 0 Å². The van der Waals surface area contributed by atoms with E-state index in [1.54, 1.807) is 0 Å². The lowest BCUT2D eigenvalue weighted by molar-refractivity contribution is -0.269. The maximum Gasteiger partial charge on any atom is 0.448 e. The summed E-state index contributed by atoms with van der Waals surface area (Å²) < 4.78 is 55.2. The fourth-order valence-electron chi connectivity index (χ4n) is 1.31. The first-order valence-electron chi connectivity index (χ1n) is 5.66. The van der Waals surface area contributed by atoms with E-state index >= 15 is 0 Å². The molecular formula is C12H11F4NO4. The maximum absolute atomic E-state index is 12.8. The third-order valence-electron chi connectivity index (χ3n) is 2.38. The molecule has 116 valence electrons. The van der Waals surface area contributed by atoms with Crippen molar-refractivity contribution >= 4 is 11.9 Å². The average Bonchev–Trinajstić information content (AvgIpc) is 2.38. The van der Waals surface area contributed by atoms with Crippen LogP contribution in [0.3, 0.4) is 0 Å². The molecule has 0 saturated carbocycles. The standard InChI is InChI=1S/C12H11F4NO4/c1-2-21-10(19)11(20,12(14,15)16)17-9(18)7-3-5-8(13)6-4-7/h3-6,20H,2H2,1H3,(H,17,18)/t11-/m0/s1. The highest BCUT2D eigenvalue weighted by atomic mass is 19.4. The van der Waals surface area contributed by atoms with Crippen molar-refractivity contribution in [3.63, 3.8) is 0 Å². The highest BCUT2D eigenvalue weighted by Crippen LogP contribution is 2.29. The van der Waals surface area contributed by atoms with Gasteiger partial charge in [-0.05, 0) is 31.2 Å². The van der Waals surface area contributed by atoms with E-state index in [-0.39, 0.29) is 5.56 Å². The monoisotopic (exact) mass is 309 g/mol. The summed E-state index contributed by atoms with van der Waals surface area (Å²) in [5.74, 6) is -4.18. The van der Waals surface area contributed by atoms with Crippen LogP contribution in [0.15, 0.2) is 24.3 Å². The van der Waals surface area contributed by atoms with Gasteiger partial charge in [0.25, 0.3) is 5.91 Å². The maximum atomic E-state index is 12.8. The number of carbonyl (C=O) groups is 2. The van der Waals surface area contributed by atoms with Crippen molar-refractivity contribution in [2.75, 3.05) is 6.61 Å². The van der Waals surface area contributed by atoms with Crippen LogP contribution in [0.5, 0.6) is 0 Å². The lowest BCUT2D eigenvalue weighted by Gasteiger charge is -2.28. The molecule has 0 radical (unpaired) electrons. The number of carbonyl (C=O) groups excluding carboxylic acids is 2. The van der Waals surface area contributed by atoms with Crippen molar-refractivity contribution in [3.8, 4) is 0 Å². The van der Waals surface area contributed by atoms with Crippen LogP contribution in [0, 0.1) is 5.82 Å². The minimum atomic E-state index is -5.49. The molecule has 0 bridgehead atoms. The Labute approximate surface area is 116 Å². The Morgan fingerprint density at radius 1 is 1.24 bits per heavy atom. The molecule has 0 aliphatic heterocycles. The van der Waals surface area contributed by atoms with Gasteiger partial charge < -0.3 is 15.2 Å². The molecule has 0 unspecified atom stereocenters. The minimum Gasteiger partial charge on any atom is -0.462 e. The Bertz CT molecular complexity index is 529. The summed E-state index contributed by atoms with van der Waals surface area (Å²) in [5.41, 5.74) is -4.56. The topological polar surface area (TPSA) is 75.6 Å². The Hall–Kier alpha value is -2.16. The van der Waals surface area contributed by atoms with E-state index < -0.39 is 36.2 Å². The molecule has 1 aromatic carbocycles. The van der Waals surface area contributed by atoms with Crippen LogP contribution in [-0.4, -0.2) is 35.5 Å². The Morgan fingerprint density at radius 3 is 2.19 bits per heavy atom. The van der Waals surface area contributed by atoms with Crippen LogP contribution in [-0.2, 0) is 9.53 Å². The molecule has 1 aromatic rings. The quantitative estimate of drug-likeness (QED) is 0.500. The van der Waals surface area contributed by atoms with Gasteiger partial charge in [0.05, 0.1) is 6.61 Å². The van der Waals surface area contributed by atoms with Gasteiger partial charge in [0, 0.05) is 5.56 Å². The van der Waals surface area contributed by atoms with Crippen molar-refractivity contribution in [2.24, 2.45) is 0 Å². The Morgan fingerprint density at radius 2 is 1.76 bits per heavy atom. The molecule has 0 fully saturated rings. The molecule has 0 heterocycles. The molecule has 1 atom stereocenters. The molecule has 0 aliphatic rings. The van der Waals surface area contributed by atoms with Gasteiger partial charge in [-0.15, -0.1) is 0 Å².